The first-order chi connectivity index (χ1) is 28.9. The van der Waals surface area contributed by atoms with Crippen LogP contribution in [0.1, 0.15) is 41.7 Å². The zero-order chi connectivity index (χ0) is 39.9. The average Bonchev–Trinajstić information content (AvgIpc) is 3.51. The Hall–Kier alpha value is -7.42. The topological polar surface area (TPSA) is 36.2 Å². The quantitative estimate of drug-likeness (QED) is 0.150. The largest absolute Gasteiger partial charge is 0.300 e. The Balaban J connectivity index is 0.970. The molecule has 0 spiro atoms. The highest BCUT2D eigenvalue weighted by molar-refractivity contribution is 6.12. The number of nitrogens with one attached hydrogen (secondary N) is 1. The fourth-order valence-electron chi connectivity index (χ4n) is 8.78. The number of allylic oxidation sites excluding steroid dienone is 1. The fourth-order valence-corrected chi connectivity index (χ4v) is 8.78. The van der Waals surface area contributed by atoms with E-state index in [1.807, 2.05) is 48.7 Å². The van der Waals surface area contributed by atoms with Crippen LogP contribution in [0.25, 0.3) is 71.7 Å². The Morgan fingerprint density at radius 3 is 1.75 bits per heavy atom. The standard InChI is InChI=1S/C57H42N2/c1-57(2)53-32-30-46(34-51(53)52-33-44-17-9-10-18-45(44)35-54(52)57)40-21-25-41(26-22-40)49-31-29-47(48-19-11-12-20-50(48)49)37-59-56(36-55(58)42-15-7-4-8-16-42)43-27-23-39(24-28-43)38-13-5-3-6-14-38/h3-37,58H,1-2H3/b56-36-,58-55?,59-37?. The van der Waals surface area contributed by atoms with E-state index >= 15 is 0 Å². The van der Waals surface area contributed by atoms with Gasteiger partial charge in [-0.2, -0.15) is 0 Å². The van der Waals surface area contributed by atoms with Crippen LogP contribution in [0.15, 0.2) is 211 Å². The number of aliphatic imine (C=N–C) groups is 1. The van der Waals surface area contributed by atoms with E-state index < -0.39 is 0 Å². The van der Waals surface area contributed by atoms with Gasteiger partial charge >= 0.3 is 0 Å². The summed E-state index contributed by atoms with van der Waals surface area (Å²) < 4.78 is 0. The molecule has 0 atom stereocenters. The maximum absolute atomic E-state index is 8.95. The summed E-state index contributed by atoms with van der Waals surface area (Å²) in [6, 6.07) is 71.0. The lowest BCUT2D eigenvalue weighted by molar-refractivity contribution is 0.661. The molecule has 280 valence electrons. The summed E-state index contributed by atoms with van der Waals surface area (Å²) in [5.74, 6) is 0. The number of benzene rings is 9. The van der Waals surface area contributed by atoms with Crippen molar-refractivity contribution in [3.8, 4) is 44.5 Å². The molecule has 1 aliphatic carbocycles. The summed E-state index contributed by atoms with van der Waals surface area (Å²) in [6.07, 6.45) is 3.81. The summed E-state index contributed by atoms with van der Waals surface area (Å²) in [7, 11) is 0. The van der Waals surface area contributed by atoms with Crippen LogP contribution in [0.3, 0.4) is 0 Å². The second-order valence-electron chi connectivity index (χ2n) is 16.0. The predicted octanol–water partition coefficient (Wildman–Crippen LogP) is 14.8. The molecular formula is C57H42N2. The number of rotatable bonds is 8. The van der Waals surface area contributed by atoms with Crippen molar-refractivity contribution in [2.24, 2.45) is 4.99 Å². The SMILES string of the molecule is CC1(C)c2ccc(-c3ccc(-c4ccc(C=N/C(=C\C(=N)c5ccccc5)c5ccc(-c6ccccc6)cc5)c5ccccc45)cc3)cc2-c2cc3ccccc3cc21. The smallest absolute Gasteiger partial charge is 0.0723 e. The summed E-state index contributed by atoms with van der Waals surface area (Å²) >= 11 is 0. The van der Waals surface area contributed by atoms with Gasteiger partial charge in [0.1, 0.15) is 0 Å². The van der Waals surface area contributed by atoms with Crippen LogP contribution >= 0.6 is 0 Å². The van der Waals surface area contributed by atoms with Crippen molar-refractivity contribution in [1.82, 2.24) is 0 Å². The van der Waals surface area contributed by atoms with Crippen molar-refractivity contribution in [2.45, 2.75) is 19.3 Å². The second kappa shape index (κ2) is 14.8. The third kappa shape index (κ3) is 6.69. The number of fused-ring (bicyclic) bond motifs is 5. The van der Waals surface area contributed by atoms with Crippen molar-refractivity contribution in [1.29, 1.82) is 5.41 Å². The van der Waals surface area contributed by atoms with Crippen molar-refractivity contribution >= 4 is 39.2 Å². The average molecular weight is 755 g/mol. The number of hydrogen-bond acceptors (Lipinski definition) is 2. The first-order valence-corrected chi connectivity index (χ1v) is 20.3. The summed E-state index contributed by atoms with van der Waals surface area (Å²) in [4.78, 5) is 5.09. The minimum atomic E-state index is -0.0494. The molecule has 1 aliphatic rings. The lowest BCUT2D eigenvalue weighted by Gasteiger charge is -2.22. The minimum Gasteiger partial charge on any atom is -0.300 e. The molecule has 0 amide bonds. The van der Waals surface area contributed by atoms with E-state index in [0.29, 0.717) is 5.71 Å². The van der Waals surface area contributed by atoms with Crippen LogP contribution in [0.4, 0.5) is 0 Å². The molecule has 0 heterocycles. The first-order valence-electron chi connectivity index (χ1n) is 20.3. The molecule has 0 radical (unpaired) electrons. The Bertz CT molecular complexity index is 3100. The molecule has 0 bridgehead atoms. The van der Waals surface area contributed by atoms with Gasteiger partial charge in [0.25, 0.3) is 0 Å². The molecule has 59 heavy (non-hydrogen) atoms. The van der Waals surface area contributed by atoms with Crippen LogP contribution in [-0.2, 0) is 5.41 Å². The van der Waals surface area contributed by atoms with E-state index in [1.54, 1.807) is 0 Å². The number of nitrogens with zero attached hydrogens (tertiary/aromatic N) is 1. The van der Waals surface area contributed by atoms with Crippen molar-refractivity contribution in [3.63, 3.8) is 0 Å². The number of hydrogen-bond donors (Lipinski definition) is 1. The molecule has 0 aliphatic heterocycles. The van der Waals surface area contributed by atoms with E-state index in [-0.39, 0.29) is 5.41 Å². The summed E-state index contributed by atoms with van der Waals surface area (Å²) in [6.45, 7) is 4.70. The molecule has 2 heteroatoms. The van der Waals surface area contributed by atoms with Gasteiger partial charge in [0.05, 0.1) is 11.4 Å². The van der Waals surface area contributed by atoms with Crippen molar-refractivity contribution < 1.29 is 0 Å². The van der Waals surface area contributed by atoms with Gasteiger partial charge in [-0.25, -0.2) is 0 Å². The molecule has 0 unspecified atom stereocenters. The molecule has 0 fully saturated rings. The van der Waals surface area contributed by atoms with E-state index in [4.69, 9.17) is 10.4 Å². The molecular weight excluding hydrogens is 713 g/mol. The Labute approximate surface area is 346 Å². The van der Waals surface area contributed by atoms with E-state index in [9.17, 15) is 0 Å². The van der Waals surface area contributed by atoms with Gasteiger partial charge in [-0.05, 0) is 107 Å². The maximum Gasteiger partial charge on any atom is 0.0723 e. The van der Waals surface area contributed by atoms with Gasteiger partial charge in [-0.3, -0.25) is 4.99 Å². The summed E-state index contributed by atoms with van der Waals surface area (Å²) in [5, 5.41) is 13.8. The van der Waals surface area contributed by atoms with Gasteiger partial charge in [0, 0.05) is 22.8 Å². The van der Waals surface area contributed by atoms with E-state index in [0.717, 1.165) is 33.3 Å². The maximum atomic E-state index is 8.95. The molecule has 9 aromatic carbocycles. The highest BCUT2D eigenvalue weighted by atomic mass is 14.7. The Morgan fingerprint density at radius 2 is 1.00 bits per heavy atom. The van der Waals surface area contributed by atoms with Crippen LogP contribution in [0.5, 0.6) is 0 Å². The molecule has 10 rings (SSSR count). The fraction of sp³-hybridized carbons (Fsp3) is 0.0526. The lowest BCUT2D eigenvalue weighted by atomic mass is 9.81. The van der Waals surface area contributed by atoms with E-state index in [1.165, 1.54) is 66.2 Å². The zero-order valence-corrected chi connectivity index (χ0v) is 33.2. The first kappa shape index (κ1) is 36.0. The predicted molar refractivity (Wildman–Crippen MR) is 251 cm³/mol. The summed E-state index contributed by atoms with van der Waals surface area (Å²) in [5.41, 5.74) is 16.5. The van der Waals surface area contributed by atoms with Crippen molar-refractivity contribution in [3.05, 3.63) is 234 Å². The lowest BCUT2D eigenvalue weighted by Crippen LogP contribution is -2.14. The van der Waals surface area contributed by atoms with Crippen LogP contribution in [0.2, 0.25) is 0 Å². The highest BCUT2D eigenvalue weighted by Gasteiger charge is 2.35. The molecule has 0 saturated heterocycles. The normalized spacial score (nSPS) is 13.2. The molecule has 0 saturated carbocycles. The van der Waals surface area contributed by atoms with Crippen LogP contribution < -0.4 is 0 Å². The highest BCUT2D eigenvalue weighted by Crippen LogP contribution is 2.51. The van der Waals surface area contributed by atoms with Gasteiger partial charge < -0.3 is 5.41 Å². The molecule has 9 aromatic rings. The van der Waals surface area contributed by atoms with Crippen molar-refractivity contribution in [2.75, 3.05) is 0 Å². The molecule has 1 N–H and O–H groups in total. The zero-order valence-electron chi connectivity index (χ0n) is 33.2. The third-order valence-corrected chi connectivity index (χ3v) is 12.0. The van der Waals surface area contributed by atoms with Gasteiger partial charge in [0.15, 0.2) is 0 Å². The molecule has 0 aromatic heterocycles. The molecule has 2 nitrogen and oxygen atoms in total. The Morgan fingerprint density at radius 1 is 0.441 bits per heavy atom. The Kier molecular flexibility index (Phi) is 9.03. The van der Waals surface area contributed by atoms with Crippen LogP contribution in [-0.4, -0.2) is 11.9 Å². The third-order valence-electron chi connectivity index (χ3n) is 12.0. The van der Waals surface area contributed by atoms with E-state index in [2.05, 4.69) is 178 Å². The minimum absolute atomic E-state index is 0.0494. The monoisotopic (exact) mass is 754 g/mol. The van der Waals surface area contributed by atoms with Gasteiger partial charge in [-0.1, -0.05) is 196 Å². The van der Waals surface area contributed by atoms with Gasteiger partial charge in [0.2, 0.25) is 0 Å². The second-order valence-corrected chi connectivity index (χ2v) is 16.0. The van der Waals surface area contributed by atoms with Crippen LogP contribution in [0, 0.1) is 5.41 Å². The van der Waals surface area contributed by atoms with Gasteiger partial charge in [-0.15, -0.1) is 0 Å².